The number of rotatable bonds is 8. The van der Waals surface area contributed by atoms with E-state index >= 15 is 0 Å². The molecule has 0 atom stereocenters. The molecular weight excluding hydrogens is 604 g/mol. The van der Waals surface area contributed by atoms with Gasteiger partial charge in [-0.2, -0.15) is 0 Å². The van der Waals surface area contributed by atoms with Crippen molar-refractivity contribution in [3.05, 3.63) is 0 Å². The van der Waals surface area contributed by atoms with Gasteiger partial charge in [0.1, 0.15) is 0 Å². The van der Waals surface area contributed by atoms with Crippen LogP contribution >= 0.6 is 0 Å². The molecule has 0 aromatic carbocycles. The molecule has 0 saturated heterocycles. The van der Waals surface area contributed by atoms with Crippen LogP contribution in [0, 0.1) is 10.8 Å². The monoisotopic (exact) mass is 695 g/mol. The highest BCUT2D eigenvalue weighted by atomic mass is 16.3. The first-order chi connectivity index (χ1) is 24.2. The molecule has 1 aliphatic rings. The van der Waals surface area contributed by atoms with Crippen LogP contribution in [0.3, 0.4) is 0 Å². The maximum absolute atomic E-state index is 10.3. The van der Waals surface area contributed by atoms with Gasteiger partial charge in [0, 0.05) is 26.4 Å². The van der Waals surface area contributed by atoms with E-state index in [1.165, 1.54) is 199 Å². The van der Waals surface area contributed by atoms with Crippen molar-refractivity contribution in [3.8, 4) is 0 Å². The fraction of sp³-hybridized carbons (Fsp3) is 1.00. The Hall–Kier alpha value is -0.160. The van der Waals surface area contributed by atoms with Gasteiger partial charge in [-0.15, -0.1) is 0 Å². The highest BCUT2D eigenvalue weighted by Gasteiger charge is 2.48. The van der Waals surface area contributed by atoms with E-state index in [0.29, 0.717) is 25.7 Å². The Morgan fingerprint density at radius 1 is 0.204 bits per heavy atom. The molecule has 0 radical (unpaired) electrons. The second-order valence-electron chi connectivity index (χ2n) is 16.6. The molecule has 0 spiro atoms. The molecule has 294 valence electrons. The van der Waals surface area contributed by atoms with Crippen molar-refractivity contribution in [2.24, 2.45) is 10.8 Å². The molecule has 0 aromatic heterocycles. The molecule has 4 nitrogen and oxygen atoms in total. The number of hydrogen-bond donors (Lipinski definition) is 4. The fourth-order valence-corrected chi connectivity index (χ4v) is 9.60. The van der Waals surface area contributed by atoms with Crippen LogP contribution in [-0.2, 0) is 0 Å². The van der Waals surface area contributed by atoms with Crippen molar-refractivity contribution in [3.63, 3.8) is 0 Å². The van der Waals surface area contributed by atoms with Crippen molar-refractivity contribution in [2.75, 3.05) is 26.4 Å². The van der Waals surface area contributed by atoms with Gasteiger partial charge in [-0.05, 0) is 49.4 Å². The van der Waals surface area contributed by atoms with Crippen molar-refractivity contribution in [2.45, 2.75) is 250 Å². The Labute approximate surface area is 307 Å². The van der Waals surface area contributed by atoms with Gasteiger partial charge in [0.15, 0.2) is 0 Å². The van der Waals surface area contributed by atoms with E-state index in [4.69, 9.17) is 0 Å². The summed E-state index contributed by atoms with van der Waals surface area (Å²) in [7, 11) is 0. The van der Waals surface area contributed by atoms with Gasteiger partial charge in [-0.25, -0.2) is 0 Å². The lowest BCUT2D eigenvalue weighted by Crippen LogP contribution is -2.45. The molecular formula is C45H90O4. The number of aliphatic hydroxyl groups is 4. The summed E-state index contributed by atoms with van der Waals surface area (Å²) in [6.45, 7) is 0.439. The third-order valence-corrected chi connectivity index (χ3v) is 12.8. The van der Waals surface area contributed by atoms with Crippen molar-refractivity contribution in [1.82, 2.24) is 0 Å². The minimum absolute atomic E-state index is 0.110. The van der Waals surface area contributed by atoms with Crippen LogP contribution in [0.4, 0.5) is 0 Å². The largest absolute Gasteiger partial charge is 0.396 e. The zero-order valence-electron chi connectivity index (χ0n) is 33.2. The van der Waals surface area contributed by atoms with Gasteiger partial charge in [-0.1, -0.05) is 212 Å². The molecule has 4 heteroatoms. The van der Waals surface area contributed by atoms with Crippen molar-refractivity contribution < 1.29 is 20.4 Å². The molecule has 1 aliphatic carbocycles. The second kappa shape index (κ2) is 34.9. The van der Waals surface area contributed by atoms with Crippen molar-refractivity contribution >= 4 is 0 Å². The standard InChI is InChI=1S/C45H90O4/c46-40-36-44(37-41-47)34-32-30-28-26-24-22-20-18-16-14-12-10-8-6-4-2-1-3-5-7-9-11-13-15-17-19-21-23-25-27-29-31-33-35-45(44,38-42-48)39-43-49/h46-49H,1-43H2. The molecule has 1 rings (SSSR count). The van der Waals surface area contributed by atoms with Crippen LogP contribution in [0.2, 0.25) is 0 Å². The van der Waals surface area contributed by atoms with E-state index in [2.05, 4.69) is 0 Å². The molecule has 1 fully saturated rings. The minimum Gasteiger partial charge on any atom is -0.396 e. The molecule has 0 heterocycles. The van der Waals surface area contributed by atoms with Gasteiger partial charge in [0.05, 0.1) is 0 Å². The van der Waals surface area contributed by atoms with Crippen LogP contribution < -0.4 is 0 Å². The summed E-state index contributed by atoms with van der Waals surface area (Å²) >= 11 is 0. The Kier molecular flexibility index (Phi) is 33.4. The smallest absolute Gasteiger partial charge is 0.0436 e. The Bertz CT molecular complexity index is 586. The highest BCUT2D eigenvalue weighted by molar-refractivity contribution is 4.98. The van der Waals surface area contributed by atoms with E-state index in [0.717, 1.165) is 25.7 Å². The Morgan fingerprint density at radius 2 is 0.327 bits per heavy atom. The number of hydrogen-bond acceptors (Lipinski definition) is 4. The lowest BCUT2D eigenvalue weighted by atomic mass is 9.53. The normalized spacial score (nSPS) is 23.3. The van der Waals surface area contributed by atoms with Gasteiger partial charge in [0.2, 0.25) is 0 Å². The predicted octanol–water partition coefficient (Wildman–Crippen LogP) is 13.2. The van der Waals surface area contributed by atoms with E-state index in [9.17, 15) is 20.4 Å². The van der Waals surface area contributed by atoms with Crippen LogP contribution in [0.5, 0.6) is 0 Å². The molecule has 0 aromatic rings. The zero-order chi connectivity index (χ0) is 35.4. The summed E-state index contributed by atoms with van der Waals surface area (Å²) in [5, 5.41) is 41.1. The molecule has 1 saturated carbocycles. The third-order valence-electron chi connectivity index (χ3n) is 12.8. The second-order valence-corrected chi connectivity index (χ2v) is 16.6. The molecule has 0 unspecified atom stereocenters. The van der Waals surface area contributed by atoms with Gasteiger partial charge >= 0.3 is 0 Å². The first-order valence-corrected chi connectivity index (χ1v) is 22.6. The van der Waals surface area contributed by atoms with Gasteiger partial charge in [0.25, 0.3) is 0 Å². The molecule has 0 amide bonds. The van der Waals surface area contributed by atoms with E-state index < -0.39 is 0 Å². The first-order valence-electron chi connectivity index (χ1n) is 22.6. The Balaban J connectivity index is 2.61. The summed E-state index contributed by atoms with van der Waals surface area (Å²) in [4.78, 5) is 0. The summed E-state index contributed by atoms with van der Waals surface area (Å²) < 4.78 is 0. The van der Waals surface area contributed by atoms with E-state index in [1.54, 1.807) is 0 Å². The summed E-state index contributed by atoms with van der Waals surface area (Å²) in [6, 6.07) is 0. The molecule has 49 heavy (non-hydrogen) atoms. The van der Waals surface area contributed by atoms with Crippen molar-refractivity contribution in [1.29, 1.82) is 0 Å². The number of aliphatic hydroxyl groups excluding tert-OH is 4. The zero-order valence-corrected chi connectivity index (χ0v) is 33.2. The lowest BCUT2D eigenvalue weighted by molar-refractivity contribution is -0.0601. The molecule has 0 aliphatic heterocycles. The lowest BCUT2D eigenvalue weighted by Gasteiger charge is -2.52. The summed E-state index contributed by atoms with van der Waals surface area (Å²) in [6.07, 6.45) is 50.0. The minimum atomic E-state index is -0.225. The predicted molar refractivity (Wildman–Crippen MR) is 213 cm³/mol. The van der Waals surface area contributed by atoms with Crippen LogP contribution in [0.25, 0.3) is 0 Å². The first kappa shape index (κ1) is 46.9. The quantitative estimate of drug-likeness (QED) is 0.204. The van der Waals surface area contributed by atoms with E-state index in [-0.39, 0.29) is 37.3 Å². The average molecular weight is 695 g/mol. The third kappa shape index (κ3) is 23.9. The topological polar surface area (TPSA) is 80.9 Å². The van der Waals surface area contributed by atoms with Gasteiger partial charge in [-0.3, -0.25) is 0 Å². The average Bonchev–Trinajstić information content (AvgIpc) is 3.09. The van der Waals surface area contributed by atoms with E-state index in [1.807, 2.05) is 0 Å². The maximum atomic E-state index is 10.3. The van der Waals surface area contributed by atoms with Crippen LogP contribution in [0.15, 0.2) is 0 Å². The summed E-state index contributed by atoms with van der Waals surface area (Å²) in [5.41, 5.74) is -0.451. The fourth-order valence-electron chi connectivity index (χ4n) is 9.60. The van der Waals surface area contributed by atoms with Crippen LogP contribution in [-0.4, -0.2) is 46.9 Å². The van der Waals surface area contributed by atoms with Gasteiger partial charge < -0.3 is 20.4 Å². The highest BCUT2D eigenvalue weighted by Crippen LogP contribution is 2.56. The molecule has 0 bridgehead atoms. The maximum Gasteiger partial charge on any atom is 0.0436 e. The Morgan fingerprint density at radius 3 is 0.449 bits per heavy atom. The molecule has 4 N–H and O–H groups in total. The van der Waals surface area contributed by atoms with Crippen LogP contribution in [0.1, 0.15) is 250 Å². The SMILES string of the molecule is OCCC1(CCO)CCCCCCCCCCCCCCCCCCCCCCCCCCCCCCCCCCCC1(CCO)CCO. The summed E-state index contributed by atoms with van der Waals surface area (Å²) in [5.74, 6) is 0.